The molecule has 9 N–H and O–H groups in total. The third-order valence-electron chi connectivity index (χ3n) is 4.26. The number of carboxylic acid groups (broad SMARTS) is 2. The zero-order valence-corrected chi connectivity index (χ0v) is 17.4. The number of hydrogen-bond acceptors (Lipinski definition) is 7. The van der Waals surface area contributed by atoms with E-state index in [1.54, 1.807) is 0 Å². The molecule has 0 aliphatic heterocycles. The van der Waals surface area contributed by atoms with Gasteiger partial charge < -0.3 is 37.6 Å². The summed E-state index contributed by atoms with van der Waals surface area (Å²) < 4.78 is 0. The van der Waals surface area contributed by atoms with Gasteiger partial charge in [-0.15, -0.1) is 0 Å². The Morgan fingerprint density at radius 1 is 0.806 bits per heavy atom. The fraction of sp³-hybridized carbons (Fsp3) is 0.667. The number of carboxylic acids is 2. The van der Waals surface area contributed by atoms with Crippen molar-refractivity contribution >= 4 is 35.6 Å². The molecule has 0 fully saturated rings. The topological polar surface area (TPSA) is 231 Å². The number of rotatable bonds is 16. The molecule has 0 aromatic rings. The van der Waals surface area contributed by atoms with Crippen molar-refractivity contribution in [3.63, 3.8) is 0 Å². The van der Waals surface area contributed by atoms with E-state index in [1.807, 2.05) is 0 Å². The van der Waals surface area contributed by atoms with E-state index in [0.29, 0.717) is 25.8 Å². The number of carbonyl (C=O) groups is 6. The lowest BCUT2D eigenvalue weighted by Gasteiger charge is -2.16. The standard InChI is InChI=1S/C18H31N5O8/c1-10(24)22-12(17(28)29)6-8-15(26)23-13(18(30)31)5-7-14(25)21-9-3-2-4-11(19)16(20)27/h11-13H,2-9,19H2,1H3,(H2,20,27)(H,21,25)(H,22,24)(H,23,26)(H,28,29)(H,30,31). The van der Waals surface area contributed by atoms with Gasteiger partial charge in [-0.3, -0.25) is 19.2 Å². The lowest BCUT2D eigenvalue weighted by atomic mass is 10.1. The van der Waals surface area contributed by atoms with Crippen LogP contribution in [0.15, 0.2) is 0 Å². The van der Waals surface area contributed by atoms with E-state index in [1.165, 1.54) is 0 Å². The Hall–Kier alpha value is -3.22. The summed E-state index contributed by atoms with van der Waals surface area (Å²) in [6.45, 7) is 1.45. The number of hydrogen-bond donors (Lipinski definition) is 7. The van der Waals surface area contributed by atoms with Crippen LogP contribution in [0.2, 0.25) is 0 Å². The van der Waals surface area contributed by atoms with Crippen LogP contribution < -0.4 is 27.4 Å². The Morgan fingerprint density at radius 3 is 1.81 bits per heavy atom. The van der Waals surface area contributed by atoms with Crippen LogP contribution in [0.4, 0.5) is 0 Å². The number of nitrogens with one attached hydrogen (secondary N) is 3. The molecule has 0 bridgehead atoms. The van der Waals surface area contributed by atoms with E-state index in [2.05, 4.69) is 16.0 Å². The van der Waals surface area contributed by atoms with Gasteiger partial charge in [-0.1, -0.05) is 0 Å². The van der Waals surface area contributed by atoms with E-state index in [-0.39, 0.29) is 25.7 Å². The molecule has 3 atom stereocenters. The molecule has 0 heterocycles. The molecule has 0 aromatic heterocycles. The van der Waals surface area contributed by atoms with Crippen LogP contribution in [0.1, 0.15) is 51.9 Å². The van der Waals surface area contributed by atoms with E-state index < -0.39 is 53.7 Å². The van der Waals surface area contributed by atoms with Gasteiger partial charge in [0.05, 0.1) is 6.04 Å². The minimum atomic E-state index is -1.33. The lowest BCUT2D eigenvalue weighted by Crippen LogP contribution is -2.43. The Balaban J connectivity index is 4.30. The van der Waals surface area contributed by atoms with E-state index in [9.17, 15) is 33.9 Å². The van der Waals surface area contributed by atoms with Gasteiger partial charge in [-0.2, -0.15) is 0 Å². The summed E-state index contributed by atoms with van der Waals surface area (Å²) >= 11 is 0. The average Bonchev–Trinajstić information content (AvgIpc) is 2.66. The summed E-state index contributed by atoms with van der Waals surface area (Å²) in [6.07, 6.45) is 0.685. The minimum Gasteiger partial charge on any atom is -0.480 e. The zero-order chi connectivity index (χ0) is 24.0. The molecule has 4 amide bonds. The van der Waals surface area contributed by atoms with Crippen molar-refractivity contribution in [3.8, 4) is 0 Å². The monoisotopic (exact) mass is 445 g/mol. The molecule has 0 rings (SSSR count). The number of nitrogens with two attached hydrogens (primary N) is 2. The van der Waals surface area contributed by atoms with Gasteiger partial charge in [0, 0.05) is 26.3 Å². The van der Waals surface area contributed by atoms with Crippen molar-refractivity contribution in [3.05, 3.63) is 0 Å². The van der Waals surface area contributed by atoms with Crippen molar-refractivity contribution < 1.29 is 39.0 Å². The quantitative estimate of drug-likeness (QED) is 0.128. The van der Waals surface area contributed by atoms with Crippen LogP contribution in [0.3, 0.4) is 0 Å². The summed E-state index contributed by atoms with van der Waals surface area (Å²) in [7, 11) is 0. The van der Waals surface area contributed by atoms with Crippen LogP contribution in [0, 0.1) is 0 Å². The number of aliphatic carboxylic acids is 2. The molecule has 0 aromatic carbocycles. The zero-order valence-electron chi connectivity index (χ0n) is 17.4. The summed E-state index contributed by atoms with van der Waals surface area (Å²) in [4.78, 5) is 67.9. The number of unbranched alkanes of at least 4 members (excludes halogenated alkanes) is 1. The number of primary amides is 1. The fourth-order valence-electron chi connectivity index (χ4n) is 2.53. The molecule has 0 saturated heterocycles. The fourth-order valence-corrected chi connectivity index (χ4v) is 2.53. The predicted octanol–water partition coefficient (Wildman–Crippen LogP) is -2.20. The van der Waals surface area contributed by atoms with Gasteiger partial charge in [0.25, 0.3) is 0 Å². The largest absolute Gasteiger partial charge is 0.480 e. The SMILES string of the molecule is CC(=O)NC(CCC(=O)NC(CCC(=O)NCCCCC(N)C(N)=O)C(=O)O)C(=O)O. The number of amides is 4. The summed E-state index contributed by atoms with van der Waals surface area (Å²) in [5.41, 5.74) is 10.5. The first-order valence-corrected chi connectivity index (χ1v) is 9.77. The van der Waals surface area contributed by atoms with Crippen molar-refractivity contribution in [2.75, 3.05) is 6.54 Å². The molecule has 176 valence electrons. The summed E-state index contributed by atoms with van der Waals surface area (Å²) in [5.74, 6) is -4.94. The molecular formula is C18H31N5O8. The third-order valence-corrected chi connectivity index (χ3v) is 4.26. The molecule has 0 saturated carbocycles. The average molecular weight is 445 g/mol. The second kappa shape index (κ2) is 14.7. The third kappa shape index (κ3) is 13.6. The molecule has 0 aliphatic rings. The highest BCUT2D eigenvalue weighted by Crippen LogP contribution is 2.03. The first-order chi connectivity index (χ1) is 14.4. The lowest BCUT2D eigenvalue weighted by molar-refractivity contribution is -0.143. The maximum atomic E-state index is 11.9. The van der Waals surface area contributed by atoms with Gasteiger partial charge >= 0.3 is 11.9 Å². The Bertz CT molecular complexity index is 669. The van der Waals surface area contributed by atoms with Crippen molar-refractivity contribution in [2.24, 2.45) is 11.5 Å². The van der Waals surface area contributed by atoms with Crippen molar-refractivity contribution in [2.45, 2.75) is 70.0 Å². The Labute approximate surface area is 179 Å². The van der Waals surface area contributed by atoms with Crippen LogP contribution in [-0.4, -0.2) is 70.5 Å². The van der Waals surface area contributed by atoms with Crippen LogP contribution in [0.5, 0.6) is 0 Å². The Kier molecular flexibility index (Phi) is 13.2. The van der Waals surface area contributed by atoms with Crippen LogP contribution >= 0.6 is 0 Å². The van der Waals surface area contributed by atoms with Crippen LogP contribution in [0.25, 0.3) is 0 Å². The molecule has 31 heavy (non-hydrogen) atoms. The molecule has 0 aliphatic carbocycles. The van der Waals surface area contributed by atoms with E-state index >= 15 is 0 Å². The minimum absolute atomic E-state index is 0.151. The first kappa shape index (κ1) is 27.8. The molecule has 0 spiro atoms. The first-order valence-electron chi connectivity index (χ1n) is 9.77. The molecule has 0 radical (unpaired) electrons. The number of carbonyl (C=O) groups excluding carboxylic acids is 4. The second-order valence-electron chi connectivity index (χ2n) is 6.98. The molecule has 3 unspecified atom stereocenters. The molecule has 13 nitrogen and oxygen atoms in total. The summed E-state index contributed by atoms with van der Waals surface area (Å²) in [6, 6.07) is -3.33. The van der Waals surface area contributed by atoms with Crippen LogP contribution in [-0.2, 0) is 28.8 Å². The maximum absolute atomic E-state index is 11.9. The van der Waals surface area contributed by atoms with Gasteiger partial charge in [0.15, 0.2) is 0 Å². The van der Waals surface area contributed by atoms with E-state index in [4.69, 9.17) is 16.6 Å². The van der Waals surface area contributed by atoms with E-state index in [0.717, 1.165) is 6.92 Å². The van der Waals surface area contributed by atoms with Gasteiger partial charge in [0.2, 0.25) is 23.6 Å². The molecule has 13 heteroatoms. The predicted molar refractivity (Wildman–Crippen MR) is 107 cm³/mol. The second-order valence-corrected chi connectivity index (χ2v) is 6.98. The maximum Gasteiger partial charge on any atom is 0.326 e. The normalized spacial score (nSPS) is 13.4. The Morgan fingerprint density at radius 2 is 1.32 bits per heavy atom. The molecular weight excluding hydrogens is 414 g/mol. The highest BCUT2D eigenvalue weighted by molar-refractivity contribution is 5.86. The van der Waals surface area contributed by atoms with Gasteiger partial charge in [-0.25, -0.2) is 9.59 Å². The van der Waals surface area contributed by atoms with Crippen molar-refractivity contribution in [1.82, 2.24) is 16.0 Å². The van der Waals surface area contributed by atoms with Crippen molar-refractivity contribution in [1.29, 1.82) is 0 Å². The highest BCUT2D eigenvalue weighted by atomic mass is 16.4. The summed E-state index contributed by atoms with van der Waals surface area (Å²) in [5, 5.41) is 25.2. The van der Waals surface area contributed by atoms with Gasteiger partial charge in [0.1, 0.15) is 12.1 Å². The highest BCUT2D eigenvalue weighted by Gasteiger charge is 2.23. The van der Waals surface area contributed by atoms with Gasteiger partial charge in [-0.05, 0) is 32.1 Å². The smallest absolute Gasteiger partial charge is 0.326 e.